The second-order valence-electron chi connectivity index (χ2n) is 8.75. The largest absolute Gasteiger partial charge is 0.377 e. The van der Waals surface area contributed by atoms with Gasteiger partial charge in [-0.3, -0.25) is 4.68 Å². The molecule has 0 aromatic carbocycles. The van der Waals surface area contributed by atoms with Gasteiger partial charge in [0.05, 0.1) is 30.6 Å². The molecule has 0 spiro atoms. The minimum Gasteiger partial charge on any atom is -0.377 e. The smallest absolute Gasteiger partial charge is 0.167 e. The molecule has 0 amide bonds. The molecule has 178 valence electrons. The Morgan fingerprint density at radius 2 is 2.06 bits per heavy atom. The van der Waals surface area contributed by atoms with E-state index < -0.39 is 9.84 Å². The van der Waals surface area contributed by atoms with Crippen LogP contribution in [0.25, 0.3) is 33.7 Å². The van der Waals surface area contributed by atoms with Crippen molar-refractivity contribution >= 4 is 26.7 Å². The molecular formula is C23H27N7O3S. The van der Waals surface area contributed by atoms with Gasteiger partial charge < -0.3 is 14.6 Å². The zero-order valence-corrected chi connectivity index (χ0v) is 20.4. The van der Waals surface area contributed by atoms with E-state index in [4.69, 9.17) is 14.7 Å². The molecule has 5 heterocycles. The van der Waals surface area contributed by atoms with Crippen LogP contribution in [0.4, 0.5) is 5.82 Å². The number of sulfone groups is 1. The number of aromatic amines is 1. The average Bonchev–Trinajstić information content (AvgIpc) is 3.36. The number of pyridine rings is 1. The van der Waals surface area contributed by atoms with Crippen molar-refractivity contribution in [1.82, 2.24) is 29.7 Å². The van der Waals surface area contributed by atoms with Crippen LogP contribution >= 0.6 is 0 Å². The highest BCUT2D eigenvalue weighted by molar-refractivity contribution is 7.89. The molecule has 0 saturated carbocycles. The molecule has 1 atom stereocenters. The number of ether oxygens (including phenoxy) is 1. The number of nitrogens with zero attached hydrogens (tertiary/aromatic N) is 6. The van der Waals surface area contributed by atoms with Crippen molar-refractivity contribution in [3.63, 3.8) is 0 Å². The average molecular weight is 482 g/mol. The zero-order chi connectivity index (χ0) is 24.0. The Labute approximate surface area is 197 Å². The van der Waals surface area contributed by atoms with Crippen LogP contribution in [0, 0.1) is 13.8 Å². The fraction of sp³-hybridized carbons (Fsp3) is 0.391. The van der Waals surface area contributed by atoms with Gasteiger partial charge >= 0.3 is 0 Å². The number of morpholine rings is 1. The van der Waals surface area contributed by atoms with Gasteiger partial charge in [-0.05, 0) is 32.9 Å². The molecule has 1 saturated heterocycles. The van der Waals surface area contributed by atoms with Crippen LogP contribution in [-0.2, 0) is 20.5 Å². The van der Waals surface area contributed by atoms with Crippen molar-refractivity contribution in [3.8, 4) is 22.6 Å². The van der Waals surface area contributed by atoms with E-state index in [0.29, 0.717) is 30.4 Å². The van der Waals surface area contributed by atoms with E-state index in [0.717, 1.165) is 40.2 Å². The Morgan fingerprint density at radius 3 is 2.82 bits per heavy atom. The molecule has 1 aliphatic heterocycles. The van der Waals surface area contributed by atoms with Gasteiger partial charge in [0.2, 0.25) is 0 Å². The van der Waals surface area contributed by atoms with Gasteiger partial charge in [-0.15, -0.1) is 0 Å². The van der Waals surface area contributed by atoms with Crippen LogP contribution in [-0.4, -0.2) is 70.2 Å². The van der Waals surface area contributed by atoms with E-state index in [1.807, 2.05) is 38.2 Å². The number of anilines is 1. The number of hydrogen-bond acceptors (Lipinski definition) is 8. The summed E-state index contributed by atoms with van der Waals surface area (Å²) in [6, 6.07) is 5.99. The highest BCUT2D eigenvalue weighted by Crippen LogP contribution is 2.33. The SMILES string of the molecule is Cc1nn(CS(C)(=O)=O)c(C)c1-c1cc(N2CCOC[C@H]2C)nc(-c2ccnc3[nH]ccc23)n1. The maximum absolute atomic E-state index is 11.9. The summed E-state index contributed by atoms with van der Waals surface area (Å²) in [5.41, 5.74) is 4.61. The molecule has 34 heavy (non-hydrogen) atoms. The van der Waals surface area contributed by atoms with E-state index in [9.17, 15) is 8.42 Å². The molecule has 4 aromatic heterocycles. The Morgan fingerprint density at radius 1 is 1.24 bits per heavy atom. The monoisotopic (exact) mass is 481 g/mol. The molecule has 11 heteroatoms. The Balaban J connectivity index is 1.71. The number of aryl methyl sites for hydroxylation is 1. The summed E-state index contributed by atoms with van der Waals surface area (Å²) in [5, 5.41) is 5.43. The highest BCUT2D eigenvalue weighted by atomic mass is 32.2. The summed E-state index contributed by atoms with van der Waals surface area (Å²) in [5.74, 6) is 1.19. The molecule has 1 fully saturated rings. The Kier molecular flexibility index (Phi) is 5.61. The first-order valence-corrected chi connectivity index (χ1v) is 13.2. The summed E-state index contributed by atoms with van der Waals surface area (Å²) >= 11 is 0. The maximum Gasteiger partial charge on any atom is 0.167 e. The zero-order valence-electron chi connectivity index (χ0n) is 19.6. The first-order chi connectivity index (χ1) is 16.2. The predicted octanol–water partition coefficient (Wildman–Crippen LogP) is 2.73. The number of rotatable bonds is 5. The molecule has 0 unspecified atom stereocenters. The van der Waals surface area contributed by atoms with Crippen LogP contribution in [0.15, 0.2) is 30.6 Å². The quantitative estimate of drug-likeness (QED) is 0.462. The summed E-state index contributed by atoms with van der Waals surface area (Å²) in [6.45, 7) is 7.82. The van der Waals surface area contributed by atoms with E-state index >= 15 is 0 Å². The highest BCUT2D eigenvalue weighted by Gasteiger charge is 2.25. The number of fused-ring (bicyclic) bond motifs is 1. The fourth-order valence-electron chi connectivity index (χ4n) is 4.47. The summed E-state index contributed by atoms with van der Waals surface area (Å²) < 4.78 is 31.0. The normalized spacial score (nSPS) is 16.9. The molecule has 4 aromatic rings. The van der Waals surface area contributed by atoms with Crippen molar-refractivity contribution in [2.45, 2.75) is 32.7 Å². The van der Waals surface area contributed by atoms with Crippen LogP contribution in [0.1, 0.15) is 18.3 Å². The molecular weight excluding hydrogens is 454 g/mol. The molecule has 0 radical (unpaired) electrons. The van der Waals surface area contributed by atoms with Crippen LogP contribution < -0.4 is 4.90 Å². The Hall–Kier alpha value is -3.31. The van der Waals surface area contributed by atoms with Gasteiger partial charge in [0.1, 0.15) is 17.3 Å². The second kappa shape index (κ2) is 8.48. The molecule has 0 aliphatic carbocycles. The lowest BCUT2D eigenvalue weighted by Gasteiger charge is -2.34. The lowest BCUT2D eigenvalue weighted by atomic mass is 10.1. The first kappa shape index (κ1) is 22.5. The summed E-state index contributed by atoms with van der Waals surface area (Å²) in [4.78, 5) is 19.6. The molecule has 1 N–H and O–H groups in total. The molecule has 1 aliphatic rings. The van der Waals surface area contributed by atoms with Crippen molar-refractivity contribution < 1.29 is 13.2 Å². The fourth-order valence-corrected chi connectivity index (χ4v) is 5.16. The minimum atomic E-state index is -3.25. The Bertz CT molecular complexity index is 1480. The van der Waals surface area contributed by atoms with Crippen molar-refractivity contribution in [2.24, 2.45) is 0 Å². The van der Waals surface area contributed by atoms with Gasteiger partial charge in [0.15, 0.2) is 15.7 Å². The van der Waals surface area contributed by atoms with Gasteiger partial charge in [0.25, 0.3) is 0 Å². The van der Waals surface area contributed by atoms with Crippen LogP contribution in [0.2, 0.25) is 0 Å². The number of nitrogens with one attached hydrogen (secondary N) is 1. The van der Waals surface area contributed by atoms with Gasteiger partial charge in [-0.25, -0.2) is 23.4 Å². The summed E-state index contributed by atoms with van der Waals surface area (Å²) in [7, 11) is -3.25. The van der Waals surface area contributed by atoms with E-state index in [1.165, 1.54) is 10.9 Å². The van der Waals surface area contributed by atoms with E-state index in [2.05, 4.69) is 26.9 Å². The van der Waals surface area contributed by atoms with Gasteiger partial charge in [0, 0.05) is 53.5 Å². The van der Waals surface area contributed by atoms with E-state index in [-0.39, 0.29) is 11.9 Å². The van der Waals surface area contributed by atoms with Crippen molar-refractivity contribution in [1.29, 1.82) is 0 Å². The number of aromatic nitrogens is 6. The number of hydrogen-bond donors (Lipinski definition) is 1. The standard InChI is InChI=1S/C23H27N7O3S/c1-14-12-33-10-9-29(14)20-11-19(21-15(2)28-30(16(21)3)13-34(4,31)32)26-23(27-20)18-6-8-25-22-17(18)5-7-24-22/h5-8,11,14H,9-10,12-13H2,1-4H3,(H,24,25)/t14-/m1/s1. The third-order valence-corrected chi connectivity index (χ3v) is 6.78. The van der Waals surface area contributed by atoms with E-state index in [1.54, 1.807) is 6.20 Å². The van der Waals surface area contributed by atoms with Crippen molar-refractivity contribution in [2.75, 3.05) is 30.9 Å². The third kappa shape index (κ3) is 4.16. The second-order valence-corrected chi connectivity index (χ2v) is 10.9. The van der Waals surface area contributed by atoms with Crippen LogP contribution in [0.5, 0.6) is 0 Å². The maximum atomic E-state index is 11.9. The lowest BCUT2D eigenvalue weighted by Crippen LogP contribution is -2.44. The van der Waals surface area contributed by atoms with Crippen LogP contribution in [0.3, 0.4) is 0 Å². The first-order valence-electron chi connectivity index (χ1n) is 11.1. The molecule has 10 nitrogen and oxygen atoms in total. The van der Waals surface area contributed by atoms with Gasteiger partial charge in [-0.2, -0.15) is 5.10 Å². The topological polar surface area (TPSA) is 119 Å². The predicted molar refractivity (Wildman–Crippen MR) is 130 cm³/mol. The summed E-state index contributed by atoms with van der Waals surface area (Å²) in [6.07, 6.45) is 4.79. The van der Waals surface area contributed by atoms with Gasteiger partial charge in [-0.1, -0.05) is 0 Å². The third-order valence-electron chi connectivity index (χ3n) is 6.07. The number of H-pyrrole nitrogens is 1. The van der Waals surface area contributed by atoms with Crippen molar-refractivity contribution in [3.05, 3.63) is 42.0 Å². The molecule has 5 rings (SSSR count). The minimum absolute atomic E-state index is 0.157. The lowest BCUT2D eigenvalue weighted by molar-refractivity contribution is 0.0985. The molecule has 0 bridgehead atoms.